The van der Waals surface area contributed by atoms with Crippen LogP contribution in [0.25, 0.3) is 44.0 Å². The highest BCUT2D eigenvalue weighted by molar-refractivity contribution is 6.20. The third kappa shape index (κ3) is 1.66. The summed E-state index contributed by atoms with van der Waals surface area (Å²) in [5.41, 5.74) is 1.28. The van der Waals surface area contributed by atoms with Crippen LogP contribution in [0, 0.1) is 0 Å². The van der Waals surface area contributed by atoms with Crippen LogP contribution in [-0.2, 0) is 0 Å². The minimum atomic E-state index is -0.617. The van der Waals surface area contributed by atoms with Crippen LogP contribution < -0.4 is 11.3 Å². The van der Waals surface area contributed by atoms with Crippen LogP contribution in [0.15, 0.2) is 68.6 Å². The quantitative estimate of drug-likeness (QED) is 0.482. The molecule has 0 fully saturated rings. The van der Waals surface area contributed by atoms with Gasteiger partial charge in [-0.3, -0.25) is 0 Å². The van der Waals surface area contributed by atoms with Crippen LogP contribution in [-0.4, -0.2) is 9.97 Å². The van der Waals surface area contributed by atoms with E-state index in [-0.39, 0.29) is 0 Å². The summed E-state index contributed by atoms with van der Waals surface area (Å²) in [6.45, 7) is 0. The number of aromatic amines is 1. The maximum atomic E-state index is 12.0. The summed E-state index contributed by atoms with van der Waals surface area (Å²) in [5.74, 6) is 0.732. The molecule has 0 saturated heterocycles. The van der Waals surface area contributed by atoms with Gasteiger partial charge in [-0.2, -0.15) is 0 Å². The van der Waals surface area contributed by atoms with Crippen molar-refractivity contribution in [2.45, 2.75) is 0 Å². The number of hydrogen-bond acceptors (Lipinski definition) is 4. The zero-order chi connectivity index (χ0) is 16.3. The van der Waals surface area contributed by atoms with Crippen molar-refractivity contribution < 1.29 is 4.42 Å². The lowest BCUT2D eigenvalue weighted by atomic mass is 10.0. The molecule has 5 nitrogen and oxygen atoms in total. The topological polar surface area (TPSA) is 76.0 Å². The normalized spacial score (nSPS) is 11.7. The van der Waals surface area contributed by atoms with E-state index in [1.807, 2.05) is 36.4 Å². The van der Waals surface area contributed by atoms with Crippen molar-refractivity contribution in [3.8, 4) is 11.4 Å². The Labute approximate surface area is 134 Å². The summed E-state index contributed by atoms with van der Waals surface area (Å²) >= 11 is 0. The summed E-state index contributed by atoms with van der Waals surface area (Å²) in [5, 5.41) is 2.17. The van der Waals surface area contributed by atoms with Crippen molar-refractivity contribution in [2.75, 3.05) is 0 Å². The van der Waals surface area contributed by atoms with Gasteiger partial charge in [-0.25, -0.2) is 14.6 Å². The molecule has 0 amide bonds. The van der Waals surface area contributed by atoms with Crippen LogP contribution in [0.2, 0.25) is 0 Å². The van der Waals surface area contributed by atoms with E-state index >= 15 is 0 Å². The molecule has 2 aromatic heterocycles. The number of rotatable bonds is 1. The van der Waals surface area contributed by atoms with Gasteiger partial charge in [-0.05, 0) is 24.3 Å². The van der Waals surface area contributed by atoms with Crippen LogP contribution in [0.5, 0.6) is 0 Å². The second-order valence-electron chi connectivity index (χ2n) is 5.67. The Bertz CT molecular complexity index is 1260. The van der Waals surface area contributed by atoms with E-state index in [1.54, 1.807) is 18.2 Å². The molecule has 0 spiro atoms. The van der Waals surface area contributed by atoms with E-state index in [0.717, 1.165) is 27.8 Å². The summed E-state index contributed by atoms with van der Waals surface area (Å²) < 4.78 is 4.79. The third-order valence-corrected chi connectivity index (χ3v) is 4.30. The summed E-state index contributed by atoms with van der Waals surface area (Å²) in [6.07, 6.45) is 0. The van der Waals surface area contributed by atoms with E-state index < -0.39 is 11.3 Å². The molecule has 0 unspecified atom stereocenters. The second-order valence-corrected chi connectivity index (χ2v) is 5.67. The Morgan fingerprint density at radius 1 is 0.792 bits per heavy atom. The molecule has 114 valence electrons. The van der Waals surface area contributed by atoms with E-state index in [9.17, 15) is 9.59 Å². The van der Waals surface area contributed by atoms with Crippen molar-refractivity contribution in [3.63, 3.8) is 0 Å². The van der Waals surface area contributed by atoms with Crippen molar-refractivity contribution in [3.05, 3.63) is 75.4 Å². The second kappa shape index (κ2) is 4.52. The van der Waals surface area contributed by atoms with Gasteiger partial charge < -0.3 is 9.40 Å². The van der Waals surface area contributed by atoms with Gasteiger partial charge >= 0.3 is 11.3 Å². The van der Waals surface area contributed by atoms with Crippen LogP contribution in [0.4, 0.5) is 0 Å². The molecular formula is C19H10N2O3. The van der Waals surface area contributed by atoms with E-state index in [4.69, 9.17) is 4.42 Å². The van der Waals surface area contributed by atoms with Crippen LogP contribution in [0.3, 0.4) is 0 Å². The molecule has 0 bridgehead atoms. The van der Waals surface area contributed by atoms with Crippen molar-refractivity contribution in [1.82, 2.24) is 9.97 Å². The Morgan fingerprint density at radius 2 is 1.50 bits per heavy atom. The standard InChI is InChI=1S/C19H10N2O3/c22-18-11-6-8-13-16-14(9-7-12(15(11)16)19(23)24-18)21-17(20-13)10-4-2-1-3-5-10/h1-9H,(H,20,21). The van der Waals surface area contributed by atoms with Gasteiger partial charge in [0.15, 0.2) is 0 Å². The van der Waals surface area contributed by atoms with Gasteiger partial charge in [-0.1, -0.05) is 30.3 Å². The molecule has 0 aliphatic rings. The molecule has 0 saturated carbocycles. The molecule has 0 radical (unpaired) electrons. The predicted molar refractivity (Wildman–Crippen MR) is 92.5 cm³/mol. The molecule has 0 atom stereocenters. The highest BCUT2D eigenvalue weighted by atomic mass is 16.4. The van der Waals surface area contributed by atoms with Gasteiger partial charge in [0.25, 0.3) is 0 Å². The fraction of sp³-hybridized carbons (Fsp3) is 0. The number of benzene rings is 3. The molecule has 24 heavy (non-hydrogen) atoms. The summed E-state index contributed by atoms with van der Waals surface area (Å²) in [6, 6.07) is 16.7. The first kappa shape index (κ1) is 13.0. The Morgan fingerprint density at radius 3 is 2.25 bits per heavy atom. The first-order valence-corrected chi connectivity index (χ1v) is 7.50. The highest BCUT2D eigenvalue weighted by Gasteiger charge is 2.16. The fourth-order valence-electron chi connectivity index (χ4n) is 3.22. The van der Waals surface area contributed by atoms with E-state index in [2.05, 4.69) is 9.97 Å². The molecule has 1 N–H and O–H groups in total. The number of H-pyrrole nitrogens is 1. The van der Waals surface area contributed by atoms with Crippen LogP contribution in [0.1, 0.15) is 0 Å². The zero-order valence-corrected chi connectivity index (χ0v) is 12.4. The van der Waals surface area contributed by atoms with E-state index in [1.165, 1.54) is 0 Å². The predicted octanol–water partition coefficient (Wildman–Crippen LogP) is 3.29. The zero-order valence-electron chi connectivity index (χ0n) is 12.4. The SMILES string of the molecule is O=c1oc(=O)c2ccc3[nH]c(-c4ccccc4)nc4ccc1c2c43. The third-order valence-electron chi connectivity index (χ3n) is 4.30. The largest absolute Gasteiger partial charge is 0.386 e. The lowest BCUT2D eigenvalue weighted by Crippen LogP contribution is -2.12. The molecule has 0 aliphatic heterocycles. The average Bonchev–Trinajstić information content (AvgIpc) is 2.62. The number of aromatic nitrogens is 2. The maximum Gasteiger partial charge on any atom is 0.346 e. The van der Waals surface area contributed by atoms with Gasteiger partial charge in [0, 0.05) is 21.9 Å². The summed E-state index contributed by atoms with van der Waals surface area (Å²) in [4.78, 5) is 32.0. The van der Waals surface area contributed by atoms with Gasteiger partial charge in [0.1, 0.15) is 5.82 Å². The molecule has 5 rings (SSSR count). The Hall–Kier alpha value is -3.47. The first-order valence-electron chi connectivity index (χ1n) is 7.50. The lowest BCUT2D eigenvalue weighted by molar-refractivity contribution is 0.489. The monoisotopic (exact) mass is 314 g/mol. The number of nitrogens with zero attached hydrogens (tertiary/aromatic N) is 1. The molecule has 3 aromatic carbocycles. The molecular weight excluding hydrogens is 304 g/mol. The Balaban J connectivity index is 2.00. The van der Waals surface area contributed by atoms with Crippen molar-refractivity contribution in [2.24, 2.45) is 0 Å². The van der Waals surface area contributed by atoms with Crippen molar-refractivity contribution >= 4 is 32.6 Å². The minimum Gasteiger partial charge on any atom is -0.386 e. The highest BCUT2D eigenvalue weighted by Crippen LogP contribution is 2.31. The smallest absolute Gasteiger partial charge is 0.346 e. The van der Waals surface area contributed by atoms with Crippen molar-refractivity contribution in [1.29, 1.82) is 0 Å². The Kier molecular flexibility index (Phi) is 2.45. The molecule has 5 aromatic rings. The summed E-state index contributed by atoms with van der Waals surface area (Å²) in [7, 11) is 0. The average molecular weight is 314 g/mol. The minimum absolute atomic E-state index is 0.394. The first-order chi connectivity index (χ1) is 11.7. The van der Waals surface area contributed by atoms with Gasteiger partial charge in [0.05, 0.1) is 16.3 Å². The number of nitrogens with one attached hydrogen (secondary N) is 1. The number of hydrogen-bond donors (Lipinski definition) is 1. The molecule has 0 aliphatic carbocycles. The molecule has 2 heterocycles. The molecule has 5 heteroatoms. The lowest BCUT2D eigenvalue weighted by Gasteiger charge is -2.10. The van der Waals surface area contributed by atoms with Gasteiger partial charge in [0.2, 0.25) is 0 Å². The van der Waals surface area contributed by atoms with Gasteiger partial charge in [-0.15, -0.1) is 0 Å². The van der Waals surface area contributed by atoms with E-state index in [0.29, 0.717) is 16.2 Å². The maximum absolute atomic E-state index is 12.0. The fourth-order valence-corrected chi connectivity index (χ4v) is 3.22. The van der Waals surface area contributed by atoms with Crippen LogP contribution >= 0.6 is 0 Å².